The van der Waals surface area contributed by atoms with Gasteiger partial charge in [0.1, 0.15) is 0 Å². The number of hydrogen-bond acceptors (Lipinski definition) is 6. The summed E-state index contributed by atoms with van der Waals surface area (Å²) in [5.41, 5.74) is 2.38. The van der Waals surface area contributed by atoms with Crippen molar-refractivity contribution in [2.24, 2.45) is 18.1 Å². The van der Waals surface area contributed by atoms with Crippen LogP contribution in [0.15, 0.2) is 63.3 Å². The zero-order chi connectivity index (χ0) is 20.5. The second-order valence-electron chi connectivity index (χ2n) is 7.48. The zero-order valence-corrected chi connectivity index (χ0v) is 19.1. The molecule has 1 aliphatic heterocycles. The lowest BCUT2D eigenvalue weighted by Crippen LogP contribution is -2.32. The summed E-state index contributed by atoms with van der Waals surface area (Å²) in [6.45, 7) is 0. The number of amides is 1. The summed E-state index contributed by atoms with van der Waals surface area (Å²) in [6.07, 6.45) is 9.14. The molecule has 30 heavy (non-hydrogen) atoms. The lowest BCUT2D eigenvalue weighted by molar-refractivity contribution is -0.130. The van der Waals surface area contributed by atoms with Crippen LogP contribution in [0.1, 0.15) is 35.1 Å². The lowest BCUT2D eigenvalue weighted by atomic mass is 9.79. The summed E-state index contributed by atoms with van der Waals surface area (Å²) >= 11 is 4.92. The first-order valence-electron chi connectivity index (χ1n) is 9.99. The van der Waals surface area contributed by atoms with Crippen LogP contribution in [0.5, 0.6) is 0 Å². The molecule has 4 heterocycles. The molecule has 3 aromatic rings. The van der Waals surface area contributed by atoms with E-state index in [1.165, 1.54) is 27.1 Å². The molecular formula is C22H22N4OS3. The number of carbonyl (C=O) groups is 1. The molecule has 0 aromatic carbocycles. The van der Waals surface area contributed by atoms with Crippen molar-refractivity contribution in [2.45, 2.75) is 30.5 Å². The number of thioether (sulfide) groups is 1. The molecule has 5 rings (SSSR count). The van der Waals surface area contributed by atoms with Crippen molar-refractivity contribution in [1.82, 2.24) is 14.6 Å². The largest absolute Gasteiger partial charge is 0.329 e. The Morgan fingerprint density at radius 3 is 2.90 bits per heavy atom. The van der Waals surface area contributed by atoms with E-state index < -0.39 is 0 Å². The number of hydrazone groups is 1. The Morgan fingerprint density at radius 1 is 1.30 bits per heavy atom. The zero-order valence-electron chi connectivity index (χ0n) is 16.6. The lowest BCUT2D eigenvalue weighted by Gasteiger charge is -2.28. The molecule has 1 saturated carbocycles. The molecule has 0 radical (unpaired) electrons. The smallest absolute Gasteiger partial charge is 0.253 e. The first-order valence-corrected chi connectivity index (χ1v) is 12.7. The summed E-state index contributed by atoms with van der Waals surface area (Å²) in [5.74, 6) is 0.643. The quantitative estimate of drug-likeness (QED) is 0.481. The summed E-state index contributed by atoms with van der Waals surface area (Å²) in [5, 5.41) is 11.7. The van der Waals surface area contributed by atoms with Gasteiger partial charge in [-0.05, 0) is 53.8 Å². The second kappa shape index (κ2) is 8.53. The maximum absolute atomic E-state index is 13.3. The highest BCUT2D eigenvalue weighted by Gasteiger charge is 2.44. The third-order valence-corrected chi connectivity index (χ3v) is 8.36. The molecule has 154 valence electrons. The van der Waals surface area contributed by atoms with Crippen molar-refractivity contribution >= 4 is 52.1 Å². The van der Waals surface area contributed by atoms with Gasteiger partial charge in [-0.3, -0.25) is 4.79 Å². The van der Waals surface area contributed by atoms with E-state index in [9.17, 15) is 4.79 Å². The van der Waals surface area contributed by atoms with E-state index in [0.29, 0.717) is 5.75 Å². The van der Waals surface area contributed by atoms with Crippen LogP contribution >= 0.6 is 34.4 Å². The fourth-order valence-electron chi connectivity index (χ4n) is 4.17. The molecule has 1 amide bonds. The molecule has 0 spiro atoms. The van der Waals surface area contributed by atoms with Gasteiger partial charge in [0.15, 0.2) is 5.16 Å². The number of carbonyl (C=O) groups excluding carboxylic acids is 1. The third-order valence-electron chi connectivity index (χ3n) is 5.55. The van der Waals surface area contributed by atoms with Crippen molar-refractivity contribution in [2.75, 3.05) is 5.75 Å². The Labute approximate surface area is 188 Å². The van der Waals surface area contributed by atoms with Gasteiger partial charge in [-0.15, -0.1) is 22.7 Å². The highest BCUT2D eigenvalue weighted by Crippen LogP contribution is 2.45. The van der Waals surface area contributed by atoms with E-state index in [2.05, 4.69) is 46.1 Å². The van der Waals surface area contributed by atoms with Crippen LogP contribution < -0.4 is 0 Å². The van der Waals surface area contributed by atoms with E-state index in [1.807, 2.05) is 17.8 Å². The van der Waals surface area contributed by atoms with Gasteiger partial charge in [-0.25, -0.2) is 9.99 Å². The average Bonchev–Trinajstić information content (AvgIpc) is 3.53. The van der Waals surface area contributed by atoms with Crippen LogP contribution in [0.2, 0.25) is 0 Å². The Morgan fingerprint density at radius 2 is 2.17 bits per heavy atom. The third kappa shape index (κ3) is 3.79. The normalized spacial score (nSPS) is 22.4. The molecule has 0 saturated heterocycles. The van der Waals surface area contributed by atoms with Crippen molar-refractivity contribution < 1.29 is 4.79 Å². The molecule has 0 N–H and O–H groups in total. The van der Waals surface area contributed by atoms with E-state index >= 15 is 0 Å². The van der Waals surface area contributed by atoms with Crippen LogP contribution in [0.3, 0.4) is 0 Å². The molecule has 3 aromatic heterocycles. The maximum Gasteiger partial charge on any atom is 0.253 e. The fourth-order valence-corrected chi connectivity index (χ4v) is 6.52. The van der Waals surface area contributed by atoms with Crippen molar-refractivity contribution in [3.8, 4) is 0 Å². The molecule has 5 nitrogen and oxygen atoms in total. The summed E-state index contributed by atoms with van der Waals surface area (Å²) in [7, 11) is 1.94. The predicted molar refractivity (Wildman–Crippen MR) is 125 cm³/mol. The van der Waals surface area contributed by atoms with Crippen LogP contribution in [-0.2, 0) is 11.8 Å². The number of aromatic nitrogens is 2. The van der Waals surface area contributed by atoms with Crippen LogP contribution in [0.25, 0.3) is 6.08 Å². The molecule has 8 heteroatoms. The first kappa shape index (κ1) is 19.8. The standard InChI is InChI=1S/C22H22N4OS3/c1-25-10-9-23-22(25)30-14-19(27)26-21(18-8-4-12-29-18)17-7-2-5-15(20(17)24-26)13-16-6-3-11-28-16/h3-4,6,8-13,17,21H,2,5,7,14H2,1H3/b15-13-. The van der Waals surface area contributed by atoms with Gasteiger partial charge < -0.3 is 4.57 Å². The number of imidazole rings is 1. The van der Waals surface area contributed by atoms with Gasteiger partial charge in [0.25, 0.3) is 5.91 Å². The van der Waals surface area contributed by atoms with Crippen molar-refractivity contribution in [1.29, 1.82) is 0 Å². The minimum Gasteiger partial charge on any atom is -0.329 e. The van der Waals surface area contributed by atoms with Crippen LogP contribution in [0, 0.1) is 5.92 Å². The number of fused-ring (bicyclic) bond motifs is 1. The maximum atomic E-state index is 13.3. The molecule has 1 aliphatic carbocycles. The number of aryl methyl sites for hydroxylation is 1. The van der Waals surface area contributed by atoms with E-state index in [4.69, 9.17) is 5.10 Å². The minimum atomic E-state index is 0.00140. The Balaban J connectivity index is 1.45. The van der Waals surface area contributed by atoms with Gasteiger partial charge in [0.2, 0.25) is 0 Å². The van der Waals surface area contributed by atoms with Gasteiger partial charge in [0.05, 0.1) is 17.5 Å². The van der Waals surface area contributed by atoms with E-state index in [-0.39, 0.29) is 17.9 Å². The second-order valence-corrected chi connectivity index (χ2v) is 10.4. The molecular weight excluding hydrogens is 432 g/mol. The Bertz CT molecular complexity index is 1080. The van der Waals surface area contributed by atoms with Gasteiger partial charge >= 0.3 is 0 Å². The molecule has 1 fully saturated rings. The highest BCUT2D eigenvalue weighted by molar-refractivity contribution is 7.99. The highest BCUT2D eigenvalue weighted by atomic mass is 32.2. The van der Waals surface area contributed by atoms with Crippen molar-refractivity contribution in [3.05, 3.63) is 62.7 Å². The van der Waals surface area contributed by atoms with Crippen LogP contribution in [-0.4, -0.2) is 31.9 Å². The molecule has 2 atom stereocenters. The Kier molecular flexibility index (Phi) is 5.62. The SMILES string of the molecule is Cn1ccnc1SCC(=O)N1N=C2/C(=C\c3cccs3)CCCC2C1c1cccs1. The summed E-state index contributed by atoms with van der Waals surface area (Å²) < 4.78 is 1.94. The molecule has 2 aliphatic rings. The number of hydrogen-bond donors (Lipinski definition) is 0. The number of allylic oxidation sites excluding steroid dienone is 1. The number of rotatable bonds is 5. The predicted octanol–water partition coefficient (Wildman–Crippen LogP) is 5.46. The van der Waals surface area contributed by atoms with Crippen LogP contribution in [0.4, 0.5) is 0 Å². The molecule has 2 unspecified atom stereocenters. The minimum absolute atomic E-state index is 0.00140. The Hall–Kier alpha value is -2.16. The fraction of sp³-hybridized carbons (Fsp3) is 0.318. The average molecular weight is 455 g/mol. The summed E-state index contributed by atoms with van der Waals surface area (Å²) in [4.78, 5) is 20.1. The van der Waals surface area contributed by atoms with E-state index in [1.54, 1.807) is 33.9 Å². The topological polar surface area (TPSA) is 50.5 Å². The number of nitrogens with zero attached hydrogens (tertiary/aromatic N) is 4. The number of thiophene rings is 2. The van der Waals surface area contributed by atoms with Crippen molar-refractivity contribution in [3.63, 3.8) is 0 Å². The first-order chi connectivity index (χ1) is 14.7. The molecule has 0 bridgehead atoms. The van der Waals surface area contributed by atoms with Gasteiger partial charge in [-0.1, -0.05) is 23.9 Å². The van der Waals surface area contributed by atoms with Gasteiger partial charge in [0, 0.05) is 35.1 Å². The monoisotopic (exact) mass is 454 g/mol. The van der Waals surface area contributed by atoms with E-state index in [0.717, 1.165) is 30.1 Å². The van der Waals surface area contributed by atoms with Gasteiger partial charge in [-0.2, -0.15) is 5.10 Å². The summed E-state index contributed by atoms with van der Waals surface area (Å²) in [6, 6.07) is 8.42.